The molecule has 0 radical (unpaired) electrons. The molecule has 1 aliphatic rings. The number of H-pyrrole nitrogens is 1. The molecule has 0 aliphatic carbocycles. The molecule has 0 spiro atoms. The van der Waals surface area contributed by atoms with Gasteiger partial charge in [0.05, 0.1) is 24.1 Å². The highest BCUT2D eigenvalue weighted by Gasteiger charge is 2.27. The number of carbonyl (C=O) groups excluding carboxylic acids is 1. The zero-order chi connectivity index (χ0) is 13.8. The third-order valence-electron chi connectivity index (χ3n) is 3.47. The third-order valence-corrected chi connectivity index (χ3v) is 3.47. The standard InChI is InChI=1S/C13H22N4O2/c1-3-5-10-11(14)12(16-15-10)13(18)17-6-7-19-9(4-2)8-17/h9H,3-8,14H2,1-2H3,(H,15,16). The van der Waals surface area contributed by atoms with Crippen molar-refractivity contribution in [2.45, 2.75) is 39.2 Å². The summed E-state index contributed by atoms with van der Waals surface area (Å²) in [7, 11) is 0. The van der Waals surface area contributed by atoms with Gasteiger partial charge in [-0.15, -0.1) is 0 Å². The van der Waals surface area contributed by atoms with Gasteiger partial charge in [0, 0.05) is 13.1 Å². The minimum atomic E-state index is -0.0992. The van der Waals surface area contributed by atoms with E-state index in [1.165, 1.54) is 0 Å². The normalized spacial score (nSPS) is 19.7. The van der Waals surface area contributed by atoms with Gasteiger partial charge in [0.25, 0.3) is 5.91 Å². The molecule has 1 fully saturated rings. The lowest BCUT2D eigenvalue weighted by atomic mass is 10.1. The van der Waals surface area contributed by atoms with Crippen LogP contribution in [0.25, 0.3) is 0 Å². The average Bonchev–Trinajstić information content (AvgIpc) is 2.80. The van der Waals surface area contributed by atoms with Gasteiger partial charge in [-0.1, -0.05) is 20.3 Å². The van der Waals surface area contributed by atoms with E-state index in [0.717, 1.165) is 25.0 Å². The Balaban J connectivity index is 2.10. The maximum Gasteiger partial charge on any atom is 0.276 e. The van der Waals surface area contributed by atoms with Crippen LogP contribution in [0.4, 0.5) is 5.69 Å². The Bertz CT molecular complexity index is 444. The molecule has 0 aromatic carbocycles. The first-order chi connectivity index (χ1) is 9.17. The number of anilines is 1. The third kappa shape index (κ3) is 2.89. The predicted molar refractivity (Wildman–Crippen MR) is 72.9 cm³/mol. The molecule has 0 saturated carbocycles. The molecule has 1 aromatic heterocycles. The van der Waals surface area contributed by atoms with Crippen molar-refractivity contribution >= 4 is 11.6 Å². The van der Waals surface area contributed by atoms with E-state index >= 15 is 0 Å². The number of ether oxygens (including phenoxy) is 1. The minimum absolute atomic E-state index is 0.0992. The fraction of sp³-hybridized carbons (Fsp3) is 0.692. The number of nitrogen functional groups attached to an aromatic ring is 1. The SMILES string of the molecule is CCCc1[nH]nc(C(=O)N2CCOC(CC)C2)c1N. The second kappa shape index (κ2) is 6.06. The first kappa shape index (κ1) is 13.9. The summed E-state index contributed by atoms with van der Waals surface area (Å²) in [4.78, 5) is 14.2. The molecule has 1 atom stereocenters. The Kier molecular flexibility index (Phi) is 4.42. The number of aromatic nitrogens is 2. The number of nitrogens with one attached hydrogen (secondary N) is 1. The van der Waals surface area contributed by atoms with E-state index in [-0.39, 0.29) is 12.0 Å². The number of hydrogen-bond acceptors (Lipinski definition) is 4. The fourth-order valence-electron chi connectivity index (χ4n) is 2.29. The van der Waals surface area contributed by atoms with Crippen molar-refractivity contribution in [1.29, 1.82) is 0 Å². The van der Waals surface area contributed by atoms with Gasteiger partial charge in [0.2, 0.25) is 0 Å². The van der Waals surface area contributed by atoms with Crippen LogP contribution in [0.15, 0.2) is 0 Å². The number of nitrogens with two attached hydrogens (primary N) is 1. The molecule has 2 heterocycles. The second-order valence-electron chi connectivity index (χ2n) is 4.87. The maximum absolute atomic E-state index is 12.4. The highest BCUT2D eigenvalue weighted by molar-refractivity contribution is 5.97. The van der Waals surface area contributed by atoms with Crippen LogP contribution >= 0.6 is 0 Å². The highest BCUT2D eigenvalue weighted by Crippen LogP contribution is 2.19. The van der Waals surface area contributed by atoms with Crippen molar-refractivity contribution in [3.8, 4) is 0 Å². The number of morpholine rings is 1. The summed E-state index contributed by atoms with van der Waals surface area (Å²) in [5, 5.41) is 6.94. The van der Waals surface area contributed by atoms with Crippen LogP contribution in [-0.2, 0) is 11.2 Å². The van der Waals surface area contributed by atoms with Crippen LogP contribution in [0.1, 0.15) is 42.9 Å². The van der Waals surface area contributed by atoms with Gasteiger partial charge in [-0.25, -0.2) is 0 Å². The van der Waals surface area contributed by atoms with Crippen molar-refractivity contribution in [2.75, 3.05) is 25.4 Å². The molecule has 1 saturated heterocycles. The summed E-state index contributed by atoms with van der Waals surface area (Å²) < 4.78 is 5.56. The zero-order valence-electron chi connectivity index (χ0n) is 11.6. The van der Waals surface area contributed by atoms with Gasteiger partial charge in [-0.05, 0) is 12.8 Å². The van der Waals surface area contributed by atoms with E-state index < -0.39 is 0 Å². The molecule has 0 bridgehead atoms. The van der Waals surface area contributed by atoms with Gasteiger partial charge in [0.1, 0.15) is 0 Å². The molecule has 1 aliphatic heterocycles. The molecule has 6 nitrogen and oxygen atoms in total. The number of carbonyl (C=O) groups is 1. The number of nitrogens with zero attached hydrogens (tertiary/aromatic N) is 2. The average molecular weight is 266 g/mol. The Morgan fingerprint density at radius 1 is 1.58 bits per heavy atom. The summed E-state index contributed by atoms with van der Waals surface area (Å²) in [6.07, 6.45) is 2.80. The number of hydrogen-bond donors (Lipinski definition) is 2. The van der Waals surface area contributed by atoms with E-state index in [4.69, 9.17) is 10.5 Å². The van der Waals surface area contributed by atoms with E-state index in [9.17, 15) is 4.79 Å². The number of amides is 1. The summed E-state index contributed by atoms with van der Waals surface area (Å²) in [6, 6.07) is 0. The monoisotopic (exact) mass is 266 g/mol. The van der Waals surface area contributed by atoms with Crippen LogP contribution in [0.3, 0.4) is 0 Å². The molecule has 2 rings (SSSR count). The van der Waals surface area contributed by atoms with E-state index in [1.807, 2.05) is 0 Å². The zero-order valence-corrected chi connectivity index (χ0v) is 11.6. The Morgan fingerprint density at radius 2 is 2.37 bits per heavy atom. The summed E-state index contributed by atoms with van der Waals surface area (Å²) >= 11 is 0. The molecule has 19 heavy (non-hydrogen) atoms. The van der Waals surface area contributed by atoms with Gasteiger partial charge in [-0.2, -0.15) is 5.10 Å². The van der Waals surface area contributed by atoms with Crippen LogP contribution in [0.5, 0.6) is 0 Å². The summed E-state index contributed by atoms with van der Waals surface area (Å²) in [5.41, 5.74) is 7.68. The fourth-order valence-corrected chi connectivity index (χ4v) is 2.29. The van der Waals surface area contributed by atoms with Crippen molar-refractivity contribution in [3.05, 3.63) is 11.4 Å². The Hall–Kier alpha value is -1.56. The predicted octanol–water partition coefficient (Wildman–Crippen LogP) is 1.20. The van der Waals surface area contributed by atoms with Crippen molar-refractivity contribution in [3.63, 3.8) is 0 Å². The van der Waals surface area contributed by atoms with E-state index in [1.54, 1.807) is 4.90 Å². The molecule has 3 N–H and O–H groups in total. The lowest BCUT2D eigenvalue weighted by molar-refractivity contribution is -0.0227. The lowest BCUT2D eigenvalue weighted by Crippen LogP contribution is -2.45. The summed E-state index contributed by atoms with van der Waals surface area (Å²) in [5.74, 6) is -0.0992. The molecule has 1 amide bonds. The first-order valence-electron chi connectivity index (χ1n) is 6.90. The number of aryl methyl sites for hydroxylation is 1. The Labute approximate surface area is 113 Å². The minimum Gasteiger partial charge on any atom is -0.395 e. The molecule has 1 unspecified atom stereocenters. The van der Waals surface area contributed by atoms with Crippen LogP contribution in [0, 0.1) is 0 Å². The van der Waals surface area contributed by atoms with Gasteiger partial charge in [0.15, 0.2) is 5.69 Å². The van der Waals surface area contributed by atoms with Crippen LogP contribution in [0.2, 0.25) is 0 Å². The largest absolute Gasteiger partial charge is 0.395 e. The summed E-state index contributed by atoms with van der Waals surface area (Å²) in [6.45, 7) is 5.92. The topological polar surface area (TPSA) is 84.2 Å². The molecular formula is C13H22N4O2. The molecule has 6 heteroatoms. The van der Waals surface area contributed by atoms with E-state index in [0.29, 0.717) is 31.1 Å². The molecule has 1 aromatic rings. The number of rotatable bonds is 4. The van der Waals surface area contributed by atoms with Gasteiger partial charge in [-0.3, -0.25) is 9.89 Å². The van der Waals surface area contributed by atoms with E-state index in [2.05, 4.69) is 24.0 Å². The van der Waals surface area contributed by atoms with Gasteiger partial charge < -0.3 is 15.4 Å². The first-order valence-corrected chi connectivity index (χ1v) is 6.90. The number of aromatic amines is 1. The van der Waals surface area contributed by atoms with Crippen LogP contribution < -0.4 is 5.73 Å². The quantitative estimate of drug-likeness (QED) is 0.857. The van der Waals surface area contributed by atoms with Crippen molar-refractivity contribution in [1.82, 2.24) is 15.1 Å². The molecule has 106 valence electrons. The van der Waals surface area contributed by atoms with Gasteiger partial charge >= 0.3 is 0 Å². The highest BCUT2D eigenvalue weighted by atomic mass is 16.5. The smallest absolute Gasteiger partial charge is 0.276 e. The molecular weight excluding hydrogens is 244 g/mol. The Morgan fingerprint density at radius 3 is 3.05 bits per heavy atom. The lowest BCUT2D eigenvalue weighted by Gasteiger charge is -2.32. The van der Waals surface area contributed by atoms with Crippen LogP contribution in [-0.4, -0.2) is 46.8 Å². The van der Waals surface area contributed by atoms with Crippen molar-refractivity contribution < 1.29 is 9.53 Å². The second-order valence-corrected chi connectivity index (χ2v) is 4.87. The maximum atomic E-state index is 12.4. The van der Waals surface area contributed by atoms with Crippen molar-refractivity contribution in [2.24, 2.45) is 0 Å².